The van der Waals surface area contributed by atoms with E-state index >= 15 is 0 Å². The van der Waals surface area contributed by atoms with Crippen LogP contribution in [0.2, 0.25) is 0 Å². The first kappa shape index (κ1) is 12.7. The quantitative estimate of drug-likeness (QED) is 0.600. The summed E-state index contributed by atoms with van der Waals surface area (Å²) >= 11 is 0. The van der Waals surface area contributed by atoms with Gasteiger partial charge in [-0.25, -0.2) is 4.79 Å². The highest BCUT2D eigenvalue weighted by Gasteiger charge is 2.05. The highest BCUT2D eigenvalue weighted by atomic mass is 16.2. The van der Waals surface area contributed by atoms with Gasteiger partial charge in [-0.1, -0.05) is 0 Å². The number of hydrogen-bond acceptors (Lipinski definition) is 4. The maximum Gasteiger partial charge on any atom is 0.330 e. The second-order valence-corrected chi connectivity index (χ2v) is 3.73. The summed E-state index contributed by atoms with van der Waals surface area (Å²) in [6, 6.07) is 0. The largest absolute Gasteiger partial charge is 0.330 e. The normalized spacial score (nSPS) is 10.7. The van der Waals surface area contributed by atoms with Gasteiger partial charge in [-0.3, -0.25) is 9.36 Å². The lowest BCUT2D eigenvalue weighted by molar-refractivity contribution is 0.618. The number of rotatable bonds is 5. The Hall–Kier alpha value is -1.40. The zero-order valence-corrected chi connectivity index (χ0v) is 9.69. The van der Waals surface area contributed by atoms with Crippen LogP contribution in [0.25, 0.3) is 0 Å². The van der Waals surface area contributed by atoms with E-state index in [2.05, 4.69) is 5.32 Å². The van der Waals surface area contributed by atoms with Crippen molar-refractivity contribution in [3.63, 3.8) is 0 Å². The fourth-order valence-electron chi connectivity index (χ4n) is 1.45. The Morgan fingerprint density at radius 2 is 2.06 bits per heavy atom. The number of nitrogens with two attached hydrogens (primary N) is 1. The van der Waals surface area contributed by atoms with Gasteiger partial charge in [-0.05, 0) is 19.5 Å². The van der Waals surface area contributed by atoms with Gasteiger partial charge in [-0.2, -0.15) is 0 Å². The molecule has 0 saturated carbocycles. The smallest absolute Gasteiger partial charge is 0.330 e. The molecule has 6 nitrogen and oxygen atoms in total. The van der Waals surface area contributed by atoms with E-state index in [4.69, 9.17) is 5.73 Å². The van der Waals surface area contributed by atoms with E-state index in [1.165, 1.54) is 11.6 Å². The third kappa shape index (κ3) is 2.80. The Morgan fingerprint density at radius 3 is 2.69 bits per heavy atom. The molecule has 1 rings (SSSR count). The minimum absolute atomic E-state index is 0.247. The van der Waals surface area contributed by atoms with Crippen LogP contribution in [0.3, 0.4) is 0 Å². The lowest BCUT2D eigenvalue weighted by Gasteiger charge is -2.07. The van der Waals surface area contributed by atoms with Gasteiger partial charge in [0.05, 0.1) is 0 Å². The topological polar surface area (TPSA) is 82.1 Å². The van der Waals surface area contributed by atoms with E-state index in [1.807, 2.05) is 0 Å². The number of aromatic nitrogens is 2. The minimum atomic E-state index is -0.310. The third-order valence-electron chi connectivity index (χ3n) is 2.39. The Kier molecular flexibility index (Phi) is 4.45. The minimum Gasteiger partial charge on any atom is -0.330 e. The van der Waals surface area contributed by atoms with Gasteiger partial charge in [0, 0.05) is 32.4 Å². The molecule has 0 aromatic carbocycles. The van der Waals surface area contributed by atoms with Crippen molar-refractivity contribution in [3.8, 4) is 0 Å². The van der Waals surface area contributed by atoms with E-state index in [0.717, 1.165) is 17.5 Å². The molecule has 90 valence electrons. The van der Waals surface area contributed by atoms with Gasteiger partial charge in [0.25, 0.3) is 5.56 Å². The zero-order chi connectivity index (χ0) is 12.1. The van der Waals surface area contributed by atoms with Crippen LogP contribution in [0.15, 0.2) is 15.8 Å². The summed E-state index contributed by atoms with van der Waals surface area (Å²) in [7, 11) is 3.11. The second-order valence-electron chi connectivity index (χ2n) is 3.73. The van der Waals surface area contributed by atoms with Crippen LogP contribution in [0.4, 0.5) is 0 Å². The molecule has 0 saturated heterocycles. The summed E-state index contributed by atoms with van der Waals surface area (Å²) in [5, 5.41) is 3.11. The molecule has 3 N–H and O–H groups in total. The van der Waals surface area contributed by atoms with Crippen molar-refractivity contribution < 1.29 is 0 Å². The number of nitrogens with one attached hydrogen (secondary N) is 1. The van der Waals surface area contributed by atoms with Gasteiger partial charge in [0.1, 0.15) is 0 Å². The van der Waals surface area contributed by atoms with E-state index in [1.54, 1.807) is 13.2 Å². The maximum absolute atomic E-state index is 11.7. The van der Waals surface area contributed by atoms with Crippen molar-refractivity contribution in [3.05, 3.63) is 32.6 Å². The van der Waals surface area contributed by atoms with Crippen molar-refractivity contribution in [1.29, 1.82) is 0 Å². The van der Waals surface area contributed by atoms with Gasteiger partial charge in [0.15, 0.2) is 0 Å². The van der Waals surface area contributed by atoms with Crippen LogP contribution in [0.5, 0.6) is 0 Å². The van der Waals surface area contributed by atoms with Gasteiger partial charge in [0.2, 0.25) is 0 Å². The first-order valence-corrected chi connectivity index (χ1v) is 5.24. The van der Waals surface area contributed by atoms with Gasteiger partial charge < -0.3 is 15.6 Å². The molecule has 0 aliphatic carbocycles. The van der Waals surface area contributed by atoms with Crippen molar-refractivity contribution in [2.24, 2.45) is 19.8 Å². The Bertz CT molecular complexity index is 461. The summed E-state index contributed by atoms with van der Waals surface area (Å²) in [6.07, 6.45) is 2.44. The molecule has 1 aromatic heterocycles. The molecular weight excluding hydrogens is 208 g/mol. The second kappa shape index (κ2) is 5.62. The summed E-state index contributed by atoms with van der Waals surface area (Å²) < 4.78 is 2.52. The Balaban J connectivity index is 2.82. The summed E-state index contributed by atoms with van der Waals surface area (Å²) in [5.41, 5.74) is 5.38. The SMILES string of the molecule is Cn1cc(CNCCCN)c(=O)n(C)c1=O. The average Bonchev–Trinajstić information content (AvgIpc) is 2.28. The standard InChI is InChI=1S/C10H18N4O2/c1-13-7-8(6-12-5-3-4-11)9(15)14(2)10(13)16/h7,12H,3-6,11H2,1-2H3. The third-order valence-corrected chi connectivity index (χ3v) is 2.39. The molecule has 0 aliphatic rings. The van der Waals surface area contributed by atoms with Crippen LogP contribution in [0.1, 0.15) is 12.0 Å². The summed E-state index contributed by atoms with van der Waals surface area (Å²) in [5.74, 6) is 0. The predicted octanol–water partition coefficient (Wildman–Crippen LogP) is -1.48. The van der Waals surface area contributed by atoms with Crippen LogP contribution in [-0.2, 0) is 20.6 Å². The molecule has 0 fully saturated rings. The molecule has 0 amide bonds. The highest BCUT2D eigenvalue weighted by Crippen LogP contribution is 1.87. The monoisotopic (exact) mass is 226 g/mol. The fourth-order valence-corrected chi connectivity index (χ4v) is 1.45. The predicted molar refractivity (Wildman–Crippen MR) is 62.3 cm³/mol. The van der Waals surface area contributed by atoms with Crippen molar-refractivity contribution in [2.75, 3.05) is 13.1 Å². The molecule has 16 heavy (non-hydrogen) atoms. The molecule has 0 unspecified atom stereocenters. The number of nitrogens with zero attached hydrogens (tertiary/aromatic N) is 2. The Labute approximate surface area is 93.7 Å². The van der Waals surface area contributed by atoms with Gasteiger partial charge >= 0.3 is 5.69 Å². The molecule has 0 atom stereocenters. The average molecular weight is 226 g/mol. The summed E-state index contributed by atoms with van der Waals surface area (Å²) in [4.78, 5) is 23.1. The molecule has 0 spiro atoms. The van der Waals surface area contributed by atoms with E-state index in [9.17, 15) is 9.59 Å². The molecule has 0 aliphatic heterocycles. The van der Waals surface area contributed by atoms with Crippen molar-refractivity contribution in [1.82, 2.24) is 14.5 Å². The van der Waals surface area contributed by atoms with Crippen molar-refractivity contribution in [2.45, 2.75) is 13.0 Å². The van der Waals surface area contributed by atoms with E-state index in [-0.39, 0.29) is 11.2 Å². The van der Waals surface area contributed by atoms with Gasteiger partial charge in [-0.15, -0.1) is 0 Å². The van der Waals surface area contributed by atoms with Crippen LogP contribution >= 0.6 is 0 Å². The van der Waals surface area contributed by atoms with Crippen LogP contribution in [-0.4, -0.2) is 22.2 Å². The number of aryl methyl sites for hydroxylation is 1. The molecule has 6 heteroatoms. The van der Waals surface area contributed by atoms with Crippen molar-refractivity contribution >= 4 is 0 Å². The lowest BCUT2D eigenvalue weighted by Crippen LogP contribution is -2.39. The van der Waals surface area contributed by atoms with E-state index in [0.29, 0.717) is 18.7 Å². The molecule has 1 aromatic rings. The van der Waals surface area contributed by atoms with Crippen LogP contribution in [0, 0.1) is 0 Å². The first-order chi connectivity index (χ1) is 7.57. The first-order valence-electron chi connectivity index (χ1n) is 5.24. The number of hydrogen-bond donors (Lipinski definition) is 2. The highest BCUT2D eigenvalue weighted by molar-refractivity contribution is 5.05. The Morgan fingerprint density at radius 1 is 1.38 bits per heavy atom. The molecule has 1 heterocycles. The maximum atomic E-state index is 11.7. The zero-order valence-electron chi connectivity index (χ0n) is 9.69. The summed E-state index contributed by atoms with van der Waals surface area (Å²) in [6.45, 7) is 1.85. The van der Waals surface area contributed by atoms with E-state index < -0.39 is 0 Å². The molecular formula is C10H18N4O2. The molecule has 0 radical (unpaired) electrons. The van der Waals surface area contributed by atoms with Crippen LogP contribution < -0.4 is 22.3 Å². The fraction of sp³-hybridized carbons (Fsp3) is 0.600. The molecule has 0 bridgehead atoms. The lowest BCUT2D eigenvalue weighted by atomic mass is 10.3.